The summed E-state index contributed by atoms with van der Waals surface area (Å²) in [6.07, 6.45) is 6.59. The second kappa shape index (κ2) is 6.55. The Balaban J connectivity index is 2.67. The largest absolute Gasteiger partial charge is 0.356 e. The summed E-state index contributed by atoms with van der Waals surface area (Å²) in [5.41, 5.74) is 2.50. The van der Waals surface area contributed by atoms with Crippen molar-refractivity contribution in [1.29, 1.82) is 0 Å². The number of rotatable bonds is 6. The molecule has 0 amide bonds. The van der Waals surface area contributed by atoms with Gasteiger partial charge in [0.1, 0.15) is 5.82 Å². The lowest BCUT2D eigenvalue weighted by atomic mass is 10.2. The number of hydrogen-bond donors (Lipinski definition) is 2. The predicted molar refractivity (Wildman–Crippen MR) is 70.7 cm³/mol. The van der Waals surface area contributed by atoms with Crippen LogP contribution in [0.1, 0.15) is 13.3 Å². The number of nitrogens with zero attached hydrogens (tertiary/aromatic N) is 3. The van der Waals surface area contributed by atoms with E-state index in [0.29, 0.717) is 11.9 Å². The number of anilines is 2. The van der Waals surface area contributed by atoms with Crippen LogP contribution in [0.2, 0.25) is 0 Å². The standard InChI is InChI=1S/C10H19N5S/c1-8(4-5-16-3)15(2)10-7-12-6-9(13-10)14-11/h6-8H,4-5,11H2,1-3H3,(H,13,14). The maximum Gasteiger partial charge on any atom is 0.160 e. The molecular weight excluding hydrogens is 222 g/mol. The lowest BCUT2D eigenvalue weighted by Crippen LogP contribution is -2.30. The Morgan fingerprint density at radius 3 is 2.94 bits per heavy atom. The number of nitrogens with two attached hydrogens (primary N) is 1. The van der Waals surface area contributed by atoms with Gasteiger partial charge in [0.05, 0.1) is 12.4 Å². The molecule has 0 saturated heterocycles. The molecule has 3 N–H and O–H groups in total. The molecule has 0 aromatic carbocycles. The van der Waals surface area contributed by atoms with Crippen molar-refractivity contribution in [3.05, 3.63) is 12.4 Å². The van der Waals surface area contributed by atoms with Crippen molar-refractivity contribution in [2.75, 3.05) is 29.4 Å². The highest BCUT2D eigenvalue weighted by Crippen LogP contribution is 2.15. The molecule has 0 aliphatic heterocycles. The number of nitrogen functional groups attached to an aromatic ring is 1. The molecule has 1 atom stereocenters. The van der Waals surface area contributed by atoms with Crippen molar-refractivity contribution in [2.24, 2.45) is 5.84 Å². The van der Waals surface area contributed by atoms with Gasteiger partial charge in [-0.05, 0) is 25.4 Å². The van der Waals surface area contributed by atoms with E-state index in [1.54, 1.807) is 12.4 Å². The first kappa shape index (κ1) is 13.1. The second-order valence-electron chi connectivity index (χ2n) is 3.65. The van der Waals surface area contributed by atoms with Crippen molar-refractivity contribution in [2.45, 2.75) is 19.4 Å². The van der Waals surface area contributed by atoms with Gasteiger partial charge in [-0.2, -0.15) is 11.8 Å². The van der Waals surface area contributed by atoms with Crippen LogP contribution in [0.4, 0.5) is 11.6 Å². The van der Waals surface area contributed by atoms with E-state index in [1.807, 2.05) is 18.8 Å². The minimum atomic E-state index is 0.440. The molecule has 1 heterocycles. The number of hydrogen-bond acceptors (Lipinski definition) is 6. The molecule has 90 valence electrons. The summed E-state index contributed by atoms with van der Waals surface area (Å²) in [4.78, 5) is 10.5. The van der Waals surface area contributed by atoms with Crippen molar-refractivity contribution in [3.8, 4) is 0 Å². The highest BCUT2D eigenvalue weighted by Gasteiger charge is 2.11. The molecule has 1 aromatic rings. The molecule has 0 fully saturated rings. The van der Waals surface area contributed by atoms with Crippen LogP contribution in [0.15, 0.2) is 12.4 Å². The summed E-state index contributed by atoms with van der Waals surface area (Å²) in [5, 5.41) is 0. The van der Waals surface area contributed by atoms with Crippen LogP contribution in [0, 0.1) is 0 Å². The third-order valence-corrected chi connectivity index (χ3v) is 3.18. The molecule has 16 heavy (non-hydrogen) atoms. The molecule has 6 heteroatoms. The first-order valence-corrected chi connectivity index (χ1v) is 6.59. The number of thioether (sulfide) groups is 1. The monoisotopic (exact) mass is 241 g/mol. The molecule has 0 spiro atoms. The molecular formula is C10H19N5S. The van der Waals surface area contributed by atoms with Crippen LogP contribution >= 0.6 is 11.8 Å². The van der Waals surface area contributed by atoms with Crippen LogP contribution in [0.25, 0.3) is 0 Å². The third-order valence-electron chi connectivity index (χ3n) is 2.53. The van der Waals surface area contributed by atoms with Gasteiger partial charge in [-0.25, -0.2) is 10.8 Å². The van der Waals surface area contributed by atoms with Gasteiger partial charge in [0.15, 0.2) is 5.82 Å². The van der Waals surface area contributed by atoms with E-state index in [2.05, 4.69) is 33.5 Å². The molecule has 5 nitrogen and oxygen atoms in total. The molecule has 0 saturated carbocycles. The molecule has 0 radical (unpaired) electrons. The fraction of sp³-hybridized carbons (Fsp3) is 0.600. The van der Waals surface area contributed by atoms with E-state index in [0.717, 1.165) is 18.0 Å². The fourth-order valence-corrected chi connectivity index (χ4v) is 1.88. The van der Waals surface area contributed by atoms with Gasteiger partial charge in [0.2, 0.25) is 0 Å². The average Bonchev–Trinajstić information content (AvgIpc) is 2.35. The normalized spacial score (nSPS) is 12.2. The summed E-state index contributed by atoms with van der Waals surface area (Å²) in [6, 6.07) is 0.440. The van der Waals surface area contributed by atoms with Crippen molar-refractivity contribution < 1.29 is 0 Å². The molecule has 1 aromatic heterocycles. The van der Waals surface area contributed by atoms with Crippen molar-refractivity contribution in [3.63, 3.8) is 0 Å². The summed E-state index contributed by atoms with van der Waals surface area (Å²) in [6.45, 7) is 2.18. The smallest absolute Gasteiger partial charge is 0.160 e. The highest BCUT2D eigenvalue weighted by molar-refractivity contribution is 7.98. The molecule has 0 aliphatic rings. The summed E-state index contributed by atoms with van der Waals surface area (Å²) >= 11 is 1.86. The SMILES string of the molecule is CSCCC(C)N(C)c1cncc(NN)n1. The maximum atomic E-state index is 5.30. The minimum Gasteiger partial charge on any atom is -0.356 e. The van der Waals surface area contributed by atoms with Crippen LogP contribution in [0.3, 0.4) is 0 Å². The minimum absolute atomic E-state index is 0.440. The van der Waals surface area contributed by atoms with E-state index >= 15 is 0 Å². The zero-order valence-electron chi connectivity index (χ0n) is 9.97. The van der Waals surface area contributed by atoms with Crippen molar-refractivity contribution >= 4 is 23.4 Å². The molecule has 1 rings (SSSR count). The van der Waals surface area contributed by atoms with E-state index < -0.39 is 0 Å². The van der Waals surface area contributed by atoms with Gasteiger partial charge in [-0.3, -0.25) is 4.98 Å². The van der Waals surface area contributed by atoms with Gasteiger partial charge < -0.3 is 10.3 Å². The van der Waals surface area contributed by atoms with Crippen LogP contribution < -0.4 is 16.2 Å². The lowest BCUT2D eigenvalue weighted by molar-refractivity contribution is 0.661. The summed E-state index contributed by atoms with van der Waals surface area (Å²) in [5.74, 6) is 7.87. The Labute approximate surface area is 101 Å². The maximum absolute atomic E-state index is 5.30. The van der Waals surface area contributed by atoms with Crippen LogP contribution in [-0.2, 0) is 0 Å². The number of nitrogens with one attached hydrogen (secondary N) is 1. The van der Waals surface area contributed by atoms with Gasteiger partial charge in [-0.1, -0.05) is 0 Å². The van der Waals surface area contributed by atoms with Gasteiger partial charge >= 0.3 is 0 Å². The van der Waals surface area contributed by atoms with Crippen LogP contribution in [-0.4, -0.2) is 35.1 Å². The van der Waals surface area contributed by atoms with Crippen molar-refractivity contribution in [1.82, 2.24) is 9.97 Å². The van der Waals surface area contributed by atoms with Gasteiger partial charge in [0.25, 0.3) is 0 Å². The quantitative estimate of drug-likeness (QED) is 0.579. The Morgan fingerprint density at radius 1 is 1.56 bits per heavy atom. The lowest BCUT2D eigenvalue weighted by Gasteiger charge is -2.25. The van der Waals surface area contributed by atoms with E-state index in [4.69, 9.17) is 5.84 Å². The van der Waals surface area contributed by atoms with E-state index in [9.17, 15) is 0 Å². The fourth-order valence-electron chi connectivity index (χ4n) is 1.30. The number of aromatic nitrogens is 2. The van der Waals surface area contributed by atoms with E-state index in [-0.39, 0.29) is 0 Å². The Bertz CT molecular complexity index is 320. The summed E-state index contributed by atoms with van der Waals surface area (Å²) < 4.78 is 0. The summed E-state index contributed by atoms with van der Waals surface area (Å²) in [7, 11) is 2.02. The molecule has 0 aliphatic carbocycles. The average molecular weight is 241 g/mol. The third kappa shape index (κ3) is 3.53. The Hall–Kier alpha value is -1.01. The highest BCUT2D eigenvalue weighted by atomic mass is 32.2. The zero-order valence-corrected chi connectivity index (χ0v) is 10.8. The zero-order chi connectivity index (χ0) is 12.0. The Kier molecular flexibility index (Phi) is 5.34. The van der Waals surface area contributed by atoms with E-state index in [1.165, 1.54) is 0 Å². The second-order valence-corrected chi connectivity index (χ2v) is 4.63. The first-order valence-electron chi connectivity index (χ1n) is 5.19. The number of hydrazine groups is 1. The van der Waals surface area contributed by atoms with Gasteiger partial charge in [0, 0.05) is 13.1 Å². The topological polar surface area (TPSA) is 67.1 Å². The Morgan fingerprint density at radius 2 is 2.31 bits per heavy atom. The molecule has 0 bridgehead atoms. The van der Waals surface area contributed by atoms with Crippen LogP contribution in [0.5, 0.6) is 0 Å². The predicted octanol–water partition coefficient (Wildman–Crippen LogP) is 1.34. The molecule has 1 unspecified atom stereocenters. The van der Waals surface area contributed by atoms with Gasteiger partial charge in [-0.15, -0.1) is 0 Å². The first-order chi connectivity index (χ1) is 7.69.